The first-order valence-electron chi connectivity index (χ1n) is 6.33. The van der Waals surface area contributed by atoms with Crippen molar-refractivity contribution in [3.8, 4) is 5.75 Å². The molecule has 18 heavy (non-hydrogen) atoms. The van der Waals surface area contributed by atoms with Crippen LogP contribution in [0, 0.1) is 5.92 Å². The predicted octanol–water partition coefficient (Wildman–Crippen LogP) is 1.67. The van der Waals surface area contributed by atoms with Gasteiger partial charge in [0.1, 0.15) is 5.75 Å². The number of hydrogen-bond donors (Lipinski definition) is 2. The number of ether oxygens (including phenoxy) is 1. The van der Waals surface area contributed by atoms with E-state index in [-0.39, 0.29) is 5.91 Å². The molecule has 4 nitrogen and oxygen atoms in total. The van der Waals surface area contributed by atoms with Crippen molar-refractivity contribution in [1.29, 1.82) is 0 Å². The zero-order chi connectivity index (χ0) is 13.4. The summed E-state index contributed by atoms with van der Waals surface area (Å²) in [6.45, 7) is 6.09. The average molecular weight is 250 g/mol. The van der Waals surface area contributed by atoms with Crippen molar-refractivity contribution >= 4 is 5.91 Å². The highest BCUT2D eigenvalue weighted by Gasteiger charge is 2.12. The van der Waals surface area contributed by atoms with Gasteiger partial charge in [-0.1, -0.05) is 19.1 Å². The van der Waals surface area contributed by atoms with E-state index in [9.17, 15) is 4.79 Å². The third kappa shape index (κ3) is 4.37. The molecule has 1 aromatic carbocycles. The average Bonchev–Trinajstić information content (AvgIpc) is 2.37. The quantitative estimate of drug-likeness (QED) is 0.774. The lowest BCUT2D eigenvalue weighted by molar-refractivity contribution is 0.0944. The summed E-state index contributed by atoms with van der Waals surface area (Å²) in [6.07, 6.45) is 0. The highest BCUT2D eigenvalue weighted by Crippen LogP contribution is 2.17. The van der Waals surface area contributed by atoms with Crippen molar-refractivity contribution in [3.05, 3.63) is 29.8 Å². The number of carbonyl (C=O) groups excluding carboxylic acids is 1. The zero-order valence-electron chi connectivity index (χ0n) is 11.3. The van der Waals surface area contributed by atoms with E-state index in [1.807, 2.05) is 32.2 Å². The molecule has 0 aliphatic heterocycles. The second-order valence-corrected chi connectivity index (χ2v) is 4.30. The summed E-state index contributed by atoms with van der Waals surface area (Å²) in [6, 6.07) is 7.30. The number of para-hydroxylation sites is 1. The fraction of sp³-hybridized carbons (Fsp3) is 0.500. The van der Waals surface area contributed by atoms with Gasteiger partial charge in [-0.15, -0.1) is 0 Å². The summed E-state index contributed by atoms with van der Waals surface area (Å²) in [5.74, 6) is 0.957. The molecule has 0 fully saturated rings. The van der Waals surface area contributed by atoms with Crippen LogP contribution in [0.5, 0.6) is 5.75 Å². The second kappa shape index (κ2) is 7.71. The van der Waals surface area contributed by atoms with Crippen LogP contribution in [0.4, 0.5) is 0 Å². The third-order valence-electron chi connectivity index (χ3n) is 2.60. The van der Waals surface area contributed by atoms with E-state index >= 15 is 0 Å². The molecule has 0 spiro atoms. The first kappa shape index (κ1) is 14.5. The highest BCUT2D eigenvalue weighted by atomic mass is 16.5. The maximum atomic E-state index is 12.0. The molecule has 1 rings (SSSR count). The number of amides is 1. The Balaban J connectivity index is 2.60. The number of hydrogen-bond acceptors (Lipinski definition) is 3. The monoisotopic (exact) mass is 250 g/mol. The minimum Gasteiger partial charge on any atom is -0.493 e. The number of benzene rings is 1. The molecule has 1 amide bonds. The van der Waals surface area contributed by atoms with Gasteiger partial charge in [0.15, 0.2) is 0 Å². The lowest BCUT2D eigenvalue weighted by Gasteiger charge is -2.13. The summed E-state index contributed by atoms with van der Waals surface area (Å²) in [7, 11) is 1.91. The summed E-state index contributed by atoms with van der Waals surface area (Å²) in [5.41, 5.74) is 0.594. The van der Waals surface area contributed by atoms with E-state index in [2.05, 4.69) is 17.6 Å². The van der Waals surface area contributed by atoms with Gasteiger partial charge in [-0.3, -0.25) is 4.79 Å². The molecule has 0 bridgehead atoms. The van der Waals surface area contributed by atoms with Crippen molar-refractivity contribution in [2.45, 2.75) is 13.8 Å². The third-order valence-corrected chi connectivity index (χ3v) is 2.60. The molecule has 0 aromatic heterocycles. The van der Waals surface area contributed by atoms with Crippen LogP contribution in [0.25, 0.3) is 0 Å². The molecular formula is C14H22N2O2. The van der Waals surface area contributed by atoms with Gasteiger partial charge in [-0.2, -0.15) is 0 Å². The standard InChI is InChI=1S/C14H22N2O2/c1-4-18-13-8-6-5-7-12(13)14(17)16-10-11(2)9-15-3/h5-8,11,15H,4,9-10H2,1-3H3,(H,16,17). The van der Waals surface area contributed by atoms with Crippen LogP contribution in [0.3, 0.4) is 0 Å². The van der Waals surface area contributed by atoms with Crippen molar-refractivity contribution in [2.75, 3.05) is 26.7 Å². The maximum absolute atomic E-state index is 12.0. The zero-order valence-corrected chi connectivity index (χ0v) is 11.3. The fourth-order valence-electron chi connectivity index (χ4n) is 1.72. The minimum absolute atomic E-state index is 0.0815. The second-order valence-electron chi connectivity index (χ2n) is 4.30. The van der Waals surface area contributed by atoms with E-state index < -0.39 is 0 Å². The summed E-state index contributed by atoms with van der Waals surface area (Å²) < 4.78 is 5.44. The van der Waals surface area contributed by atoms with Gasteiger partial charge >= 0.3 is 0 Å². The van der Waals surface area contributed by atoms with Gasteiger partial charge in [-0.05, 0) is 38.6 Å². The topological polar surface area (TPSA) is 50.4 Å². The van der Waals surface area contributed by atoms with Crippen LogP contribution in [0.2, 0.25) is 0 Å². The van der Waals surface area contributed by atoms with Crippen LogP contribution in [0.1, 0.15) is 24.2 Å². The van der Waals surface area contributed by atoms with E-state index in [1.165, 1.54) is 0 Å². The van der Waals surface area contributed by atoms with E-state index in [0.717, 1.165) is 6.54 Å². The lowest BCUT2D eigenvalue weighted by atomic mass is 10.1. The molecule has 0 aliphatic carbocycles. The Morgan fingerprint density at radius 2 is 2.06 bits per heavy atom. The molecule has 0 heterocycles. The molecule has 4 heteroatoms. The highest BCUT2D eigenvalue weighted by molar-refractivity contribution is 5.96. The van der Waals surface area contributed by atoms with Gasteiger partial charge in [-0.25, -0.2) is 0 Å². The first-order chi connectivity index (χ1) is 8.69. The molecule has 0 saturated carbocycles. The van der Waals surface area contributed by atoms with E-state index in [1.54, 1.807) is 6.07 Å². The predicted molar refractivity (Wildman–Crippen MR) is 73.0 cm³/mol. The van der Waals surface area contributed by atoms with Crippen LogP contribution in [-0.4, -0.2) is 32.7 Å². The number of carbonyl (C=O) groups is 1. The van der Waals surface area contributed by atoms with Gasteiger partial charge in [0.05, 0.1) is 12.2 Å². The van der Waals surface area contributed by atoms with Gasteiger partial charge in [0, 0.05) is 6.54 Å². The summed E-state index contributed by atoms with van der Waals surface area (Å²) in [4.78, 5) is 12.0. The normalized spacial score (nSPS) is 11.9. The SMILES string of the molecule is CCOc1ccccc1C(=O)NCC(C)CNC. The Labute approximate surface area is 109 Å². The lowest BCUT2D eigenvalue weighted by Crippen LogP contribution is -2.32. The molecule has 0 aliphatic rings. The molecule has 1 atom stereocenters. The summed E-state index contributed by atoms with van der Waals surface area (Å²) >= 11 is 0. The van der Waals surface area contributed by atoms with Crippen molar-refractivity contribution in [2.24, 2.45) is 5.92 Å². The van der Waals surface area contributed by atoms with Gasteiger partial charge < -0.3 is 15.4 Å². The Bertz CT molecular complexity index is 380. The molecule has 1 aromatic rings. The van der Waals surface area contributed by atoms with Gasteiger partial charge in [0.25, 0.3) is 5.91 Å². The van der Waals surface area contributed by atoms with Crippen LogP contribution in [0.15, 0.2) is 24.3 Å². The van der Waals surface area contributed by atoms with Crippen LogP contribution < -0.4 is 15.4 Å². The van der Waals surface area contributed by atoms with Crippen molar-refractivity contribution < 1.29 is 9.53 Å². The molecule has 0 saturated heterocycles. The number of rotatable bonds is 7. The Hall–Kier alpha value is -1.55. The first-order valence-corrected chi connectivity index (χ1v) is 6.33. The van der Waals surface area contributed by atoms with Gasteiger partial charge in [0.2, 0.25) is 0 Å². The summed E-state index contributed by atoms with van der Waals surface area (Å²) in [5, 5.41) is 6.01. The van der Waals surface area contributed by atoms with Crippen molar-refractivity contribution in [1.82, 2.24) is 10.6 Å². The largest absolute Gasteiger partial charge is 0.493 e. The maximum Gasteiger partial charge on any atom is 0.255 e. The molecule has 2 N–H and O–H groups in total. The fourth-order valence-corrected chi connectivity index (χ4v) is 1.72. The molecule has 100 valence electrons. The van der Waals surface area contributed by atoms with Crippen molar-refractivity contribution in [3.63, 3.8) is 0 Å². The van der Waals surface area contributed by atoms with E-state index in [0.29, 0.717) is 30.4 Å². The molecular weight excluding hydrogens is 228 g/mol. The van der Waals surface area contributed by atoms with E-state index in [4.69, 9.17) is 4.74 Å². The van der Waals surface area contributed by atoms with Crippen LogP contribution >= 0.6 is 0 Å². The number of nitrogens with one attached hydrogen (secondary N) is 2. The van der Waals surface area contributed by atoms with Crippen LogP contribution in [-0.2, 0) is 0 Å². The Morgan fingerprint density at radius 1 is 1.33 bits per heavy atom. The smallest absolute Gasteiger partial charge is 0.255 e. The minimum atomic E-state index is -0.0815. The molecule has 0 radical (unpaired) electrons. The molecule has 1 unspecified atom stereocenters. The Kier molecular flexibility index (Phi) is 6.22. The Morgan fingerprint density at radius 3 is 2.72 bits per heavy atom.